The van der Waals surface area contributed by atoms with Crippen LogP contribution in [0.4, 0.5) is 17.3 Å². The van der Waals surface area contributed by atoms with Crippen molar-refractivity contribution in [2.75, 3.05) is 49.5 Å². The third-order valence-corrected chi connectivity index (χ3v) is 6.96. The molecule has 1 N–H and O–H groups in total. The molecule has 0 spiro atoms. The standard InChI is InChI=1S/C27H26Cl2N6O3/c1-2-38-24(36)17-33-12-14-34(15-13-33)19-8-6-18(7-9-19)31-27-30-16-20-23(32-27)10-11-35(26(20)37)25-21(28)4-3-5-22(25)29/h3-11,16H,2,12-15,17H2,1H3,(H,30,31,32). The van der Waals surface area contributed by atoms with Crippen LogP contribution in [0.15, 0.2) is 65.7 Å². The Kier molecular flexibility index (Phi) is 7.78. The molecule has 1 fully saturated rings. The number of para-hydroxylation sites is 1. The lowest BCUT2D eigenvalue weighted by molar-refractivity contribution is -0.144. The zero-order chi connectivity index (χ0) is 26.6. The highest BCUT2D eigenvalue weighted by molar-refractivity contribution is 6.37. The van der Waals surface area contributed by atoms with E-state index in [1.807, 2.05) is 31.2 Å². The van der Waals surface area contributed by atoms with Crippen LogP contribution < -0.4 is 15.8 Å². The molecule has 2 aromatic heterocycles. The molecule has 0 amide bonds. The van der Waals surface area contributed by atoms with Gasteiger partial charge in [0, 0.05) is 49.9 Å². The predicted octanol–water partition coefficient (Wildman–Crippen LogP) is 4.52. The predicted molar refractivity (Wildman–Crippen MR) is 150 cm³/mol. The van der Waals surface area contributed by atoms with Crippen molar-refractivity contribution in [1.29, 1.82) is 0 Å². The lowest BCUT2D eigenvalue weighted by atomic mass is 10.2. The third kappa shape index (κ3) is 5.60. The van der Waals surface area contributed by atoms with Crippen molar-refractivity contribution in [1.82, 2.24) is 19.4 Å². The Morgan fingerprint density at radius 1 is 1.03 bits per heavy atom. The van der Waals surface area contributed by atoms with Crippen LogP contribution in [0.5, 0.6) is 0 Å². The lowest BCUT2D eigenvalue weighted by Crippen LogP contribution is -2.48. The van der Waals surface area contributed by atoms with Crippen LogP contribution in [-0.2, 0) is 9.53 Å². The van der Waals surface area contributed by atoms with Crippen LogP contribution in [-0.4, -0.2) is 64.7 Å². The second-order valence-corrected chi connectivity index (χ2v) is 9.61. The number of nitrogens with one attached hydrogen (secondary N) is 1. The van der Waals surface area contributed by atoms with Crippen molar-refractivity contribution in [2.45, 2.75) is 6.92 Å². The van der Waals surface area contributed by atoms with Gasteiger partial charge in [-0.2, -0.15) is 0 Å². The molecule has 11 heteroatoms. The molecule has 0 atom stereocenters. The van der Waals surface area contributed by atoms with E-state index in [0.717, 1.165) is 37.6 Å². The van der Waals surface area contributed by atoms with Crippen molar-refractivity contribution in [2.24, 2.45) is 0 Å². The second kappa shape index (κ2) is 11.4. The van der Waals surface area contributed by atoms with Gasteiger partial charge < -0.3 is 15.0 Å². The number of aromatic nitrogens is 3. The average molecular weight is 553 g/mol. The van der Waals surface area contributed by atoms with Crippen molar-refractivity contribution < 1.29 is 9.53 Å². The zero-order valence-corrected chi connectivity index (χ0v) is 22.2. The molecule has 38 heavy (non-hydrogen) atoms. The molecular formula is C27H26Cl2N6O3. The van der Waals surface area contributed by atoms with Crippen LogP contribution in [0, 0.1) is 0 Å². The minimum atomic E-state index is -0.309. The molecule has 0 saturated carbocycles. The van der Waals surface area contributed by atoms with Gasteiger partial charge in [0.05, 0.1) is 39.8 Å². The van der Waals surface area contributed by atoms with E-state index in [0.29, 0.717) is 45.7 Å². The van der Waals surface area contributed by atoms with Crippen LogP contribution in [0.2, 0.25) is 10.0 Å². The van der Waals surface area contributed by atoms with Gasteiger partial charge in [0.2, 0.25) is 5.95 Å². The Balaban J connectivity index is 1.26. The van der Waals surface area contributed by atoms with Crippen molar-refractivity contribution in [3.05, 3.63) is 81.3 Å². The van der Waals surface area contributed by atoms with E-state index < -0.39 is 0 Å². The molecule has 9 nitrogen and oxygen atoms in total. The molecule has 5 rings (SSSR count). The number of ether oxygens (including phenoxy) is 1. The number of benzene rings is 2. The topological polar surface area (TPSA) is 92.6 Å². The van der Waals surface area contributed by atoms with E-state index >= 15 is 0 Å². The second-order valence-electron chi connectivity index (χ2n) is 8.79. The lowest BCUT2D eigenvalue weighted by Gasteiger charge is -2.35. The van der Waals surface area contributed by atoms with Gasteiger partial charge in [-0.1, -0.05) is 29.3 Å². The molecule has 0 aliphatic carbocycles. The molecule has 0 radical (unpaired) electrons. The van der Waals surface area contributed by atoms with E-state index in [9.17, 15) is 9.59 Å². The Labute approximate surface area is 229 Å². The molecule has 3 heterocycles. The van der Waals surface area contributed by atoms with Gasteiger partial charge >= 0.3 is 5.97 Å². The Hall–Kier alpha value is -3.66. The number of carbonyl (C=O) groups excluding carboxylic acids is 1. The molecule has 1 saturated heterocycles. The SMILES string of the molecule is CCOC(=O)CN1CCN(c2ccc(Nc3ncc4c(=O)n(-c5c(Cl)cccc5Cl)ccc4n3)cc2)CC1. The first-order valence-electron chi connectivity index (χ1n) is 12.3. The first-order chi connectivity index (χ1) is 18.4. The van der Waals surface area contributed by atoms with Gasteiger partial charge in [0.1, 0.15) is 0 Å². The van der Waals surface area contributed by atoms with Gasteiger partial charge in [-0.15, -0.1) is 0 Å². The fourth-order valence-electron chi connectivity index (χ4n) is 4.42. The van der Waals surface area contributed by atoms with Crippen molar-refractivity contribution >= 4 is 57.4 Å². The van der Waals surface area contributed by atoms with E-state index in [2.05, 4.69) is 25.1 Å². The maximum absolute atomic E-state index is 13.1. The van der Waals surface area contributed by atoms with Crippen molar-refractivity contribution in [3.8, 4) is 5.69 Å². The number of hydrogen-bond acceptors (Lipinski definition) is 8. The van der Waals surface area contributed by atoms with Gasteiger partial charge in [-0.25, -0.2) is 9.97 Å². The van der Waals surface area contributed by atoms with Crippen LogP contribution in [0.3, 0.4) is 0 Å². The molecular weight excluding hydrogens is 527 g/mol. The summed E-state index contributed by atoms with van der Waals surface area (Å²) >= 11 is 12.6. The van der Waals surface area contributed by atoms with E-state index in [-0.39, 0.29) is 11.5 Å². The highest BCUT2D eigenvalue weighted by atomic mass is 35.5. The van der Waals surface area contributed by atoms with E-state index in [1.165, 1.54) is 10.8 Å². The number of nitrogens with zero attached hydrogens (tertiary/aromatic N) is 5. The van der Waals surface area contributed by atoms with Crippen molar-refractivity contribution in [3.63, 3.8) is 0 Å². The Morgan fingerprint density at radius 2 is 1.74 bits per heavy atom. The summed E-state index contributed by atoms with van der Waals surface area (Å²) in [6, 6.07) is 14.8. The molecule has 1 aliphatic rings. The van der Waals surface area contributed by atoms with E-state index in [4.69, 9.17) is 27.9 Å². The monoisotopic (exact) mass is 552 g/mol. The number of carbonyl (C=O) groups is 1. The highest BCUT2D eigenvalue weighted by Crippen LogP contribution is 2.28. The van der Waals surface area contributed by atoms with Gasteiger partial charge in [0.25, 0.3) is 5.56 Å². The minimum absolute atomic E-state index is 0.178. The number of rotatable bonds is 7. The van der Waals surface area contributed by atoms with Crippen LogP contribution >= 0.6 is 23.2 Å². The number of piperazine rings is 1. The Morgan fingerprint density at radius 3 is 2.42 bits per heavy atom. The number of pyridine rings is 1. The summed E-state index contributed by atoms with van der Waals surface area (Å²) in [4.78, 5) is 38.1. The van der Waals surface area contributed by atoms with Crippen LogP contribution in [0.25, 0.3) is 16.6 Å². The fourth-order valence-corrected chi connectivity index (χ4v) is 5.00. The maximum atomic E-state index is 13.1. The molecule has 0 bridgehead atoms. The molecule has 196 valence electrons. The average Bonchev–Trinajstić information content (AvgIpc) is 2.91. The summed E-state index contributed by atoms with van der Waals surface area (Å²) in [5.74, 6) is 0.203. The fraction of sp³-hybridized carbons (Fsp3) is 0.259. The summed E-state index contributed by atoms with van der Waals surface area (Å²) in [6.07, 6.45) is 3.11. The van der Waals surface area contributed by atoms with Gasteiger partial charge in [0.15, 0.2) is 0 Å². The molecule has 2 aromatic carbocycles. The summed E-state index contributed by atoms with van der Waals surface area (Å²) in [7, 11) is 0. The smallest absolute Gasteiger partial charge is 0.320 e. The maximum Gasteiger partial charge on any atom is 0.320 e. The van der Waals surface area contributed by atoms with E-state index in [1.54, 1.807) is 30.5 Å². The first kappa shape index (κ1) is 26.0. The largest absolute Gasteiger partial charge is 0.465 e. The Bertz CT molecular complexity index is 1500. The minimum Gasteiger partial charge on any atom is -0.465 e. The number of esters is 1. The molecule has 4 aromatic rings. The van der Waals surface area contributed by atoms with Crippen LogP contribution in [0.1, 0.15) is 6.92 Å². The number of halogens is 2. The molecule has 1 aliphatic heterocycles. The summed E-state index contributed by atoms with van der Waals surface area (Å²) in [5.41, 5.74) is 2.54. The van der Waals surface area contributed by atoms with Gasteiger partial charge in [-0.3, -0.25) is 19.1 Å². The quantitative estimate of drug-likeness (QED) is 0.334. The zero-order valence-electron chi connectivity index (χ0n) is 20.7. The summed E-state index contributed by atoms with van der Waals surface area (Å²) in [5, 5.41) is 4.30. The third-order valence-electron chi connectivity index (χ3n) is 6.35. The molecule has 0 unspecified atom stereocenters. The summed E-state index contributed by atoms with van der Waals surface area (Å²) < 4.78 is 6.44. The highest BCUT2D eigenvalue weighted by Gasteiger charge is 2.20. The van der Waals surface area contributed by atoms with Gasteiger partial charge in [-0.05, 0) is 49.4 Å². The number of anilines is 3. The number of hydrogen-bond donors (Lipinski definition) is 1. The number of fused-ring (bicyclic) bond motifs is 1. The summed E-state index contributed by atoms with van der Waals surface area (Å²) in [6.45, 7) is 5.81. The normalized spacial score (nSPS) is 14.0. The first-order valence-corrected chi connectivity index (χ1v) is 13.0.